The van der Waals surface area contributed by atoms with Crippen molar-refractivity contribution in [1.82, 2.24) is 4.98 Å². The quantitative estimate of drug-likeness (QED) is 0.628. The lowest BCUT2D eigenvalue weighted by atomic mass is 10.2. The normalized spacial score (nSPS) is 11.3. The van der Waals surface area contributed by atoms with E-state index >= 15 is 0 Å². The molecule has 1 heterocycles. The molecule has 0 atom stereocenters. The van der Waals surface area contributed by atoms with Gasteiger partial charge in [-0.25, -0.2) is 27.3 Å². The Morgan fingerprint density at radius 1 is 1.56 bits per heavy atom. The summed E-state index contributed by atoms with van der Waals surface area (Å²) in [6.07, 6.45) is -3.34. The lowest BCUT2D eigenvalue weighted by molar-refractivity contribution is -0.385. The Labute approximate surface area is 98.9 Å². The van der Waals surface area contributed by atoms with Crippen LogP contribution in [0.2, 0.25) is 0 Å². The number of aromatic nitrogens is 1. The SMILES string of the molecule is N#Cc1nc(S(N)(=O)=O)c(C(F)F)cc1[N+](=O)[O-]. The number of alkyl halides is 2. The van der Waals surface area contributed by atoms with Crippen molar-refractivity contribution >= 4 is 15.7 Å². The van der Waals surface area contributed by atoms with Gasteiger partial charge in [0.15, 0.2) is 5.03 Å². The highest BCUT2D eigenvalue weighted by Gasteiger charge is 2.29. The zero-order valence-corrected chi connectivity index (χ0v) is 9.19. The molecule has 0 aromatic carbocycles. The predicted molar refractivity (Wildman–Crippen MR) is 51.9 cm³/mol. The van der Waals surface area contributed by atoms with Crippen LogP contribution in [0, 0.1) is 21.4 Å². The van der Waals surface area contributed by atoms with Crippen LogP contribution in [0.25, 0.3) is 0 Å². The van der Waals surface area contributed by atoms with Crippen molar-refractivity contribution in [3.63, 3.8) is 0 Å². The molecule has 8 nitrogen and oxygen atoms in total. The molecule has 0 saturated heterocycles. The largest absolute Gasteiger partial charge is 0.306 e. The minimum atomic E-state index is -4.62. The molecule has 11 heteroatoms. The van der Waals surface area contributed by atoms with Crippen LogP contribution in [0.1, 0.15) is 17.7 Å². The topological polar surface area (TPSA) is 140 Å². The third-order valence-electron chi connectivity index (χ3n) is 1.80. The Kier molecular flexibility index (Phi) is 3.54. The average Bonchev–Trinajstić information content (AvgIpc) is 2.25. The van der Waals surface area contributed by atoms with E-state index in [0.29, 0.717) is 0 Å². The van der Waals surface area contributed by atoms with Crippen LogP contribution in [0.3, 0.4) is 0 Å². The van der Waals surface area contributed by atoms with E-state index in [1.807, 2.05) is 0 Å². The average molecular weight is 278 g/mol. The third kappa shape index (κ3) is 2.55. The van der Waals surface area contributed by atoms with E-state index in [0.717, 1.165) is 0 Å². The maximum atomic E-state index is 12.6. The van der Waals surface area contributed by atoms with Crippen molar-refractivity contribution in [3.8, 4) is 6.07 Å². The van der Waals surface area contributed by atoms with Gasteiger partial charge in [0.25, 0.3) is 16.4 Å². The molecule has 1 aromatic rings. The molecule has 1 rings (SSSR count). The molecule has 0 saturated carbocycles. The second-order valence-corrected chi connectivity index (χ2v) is 4.44. The summed E-state index contributed by atoms with van der Waals surface area (Å²) in [7, 11) is -4.62. The minimum absolute atomic E-state index is 0.274. The van der Waals surface area contributed by atoms with Gasteiger partial charge in [-0.05, 0) is 0 Å². The minimum Gasteiger partial charge on any atom is -0.258 e. The summed E-state index contributed by atoms with van der Waals surface area (Å²) in [6.45, 7) is 0. The maximum absolute atomic E-state index is 12.6. The fraction of sp³-hybridized carbons (Fsp3) is 0.143. The number of hydrogen-bond acceptors (Lipinski definition) is 6. The summed E-state index contributed by atoms with van der Waals surface area (Å²) in [5.74, 6) is 0. The fourth-order valence-electron chi connectivity index (χ4n) is 1.11. The first-order valence-electron chi connectivity index (χ1n) is 4.09. The zero-order chi connectivity index (χ0) is 14.1. The van der Waals surface area contributed by atoms with Crippen molar-refractivity contribution < 1.29 is 22.1 Å². The van der Waals surface area contributed by atoms with Gasteiger partial charge in [-0.1, -0.05) is 0 Å². The second kappa shape index (κ2) is 4.59. The predicted octanol–water partition coefficient (Wildman–Crippen LogP) is 0.446. The first kappa shape index (κ1) is 13.9. The number of hydrogen-bond donors (Lipinski definition) is 1. The number of nitriles is 1. The van der Waals surface area contributed by atoms with Crippen LogP contribution >= 0.6 is 0 Å². The molecule has 0 aliphatic carbocycles. The monoisotopic (exact) mass is 278 g/mol. The molecular weight excluding hydrogens is 274 g/mol. The van der Waals surface area contributed by atoms with Gasteiger partial charge in [0.05, 0.1) is 10.5 Å². The molecular formula is C7H4F2N4O4S. The van der Waals surface area contributed by atoms with Gasteiger partial charge in [-0.15, -0.1) is 0 Å². The van der Waals surface area contributed by atoms with Gasteiger partial charge in [0.2, 0.25) is 5.69 Å². The van der Waals surface area contributed by atoms with Gasteiger partial charge in [0.1, 0.15) is 6.07 Å². The fourth-order valence-corrected chi connectivity index (χ4v) is 1.80. The van der Waals surface area contributed by atoms with Crippen LogP contribution in [0.15, 0.2) is 11.1 Å². The number of rotatable bonds is 3. The Balaban J connectivity index is 3.76. The van der Waals surface area contributed by atoms with Crippen LogP contribution in [0.5, 0.6) is 0 Å². The standard InChI is InChI=1S/C7H4F2N4O4S/c8-6(9)3-1-5(13(14)15)4(2-10)12-7(3)18(11,16)17/h1,6H,(H2,11,16,17). The smallest absolute Gasteiger partial charge is 0.258 e. The van der Waals surface area contributed by atoms with Gasteiger partial charge in [-0.2, -0.15) is 5.26 Å². The summed E-state index contributed by atoms with van der Waals surface area (Å²) in [5, 5.41) is 22.4. The highest BCUT2D eigenvalue weighted by atomic mass is 32.2. The van der Waals surface area contributed by atoms with Gasteiger partial charge < -0.3 is 0 Å². The van der Waals surface area contributed by atoms with Gasteiger partial charge in [0, 0.05) is 6.07 Å². The second-order valence-electron chi connectivity index (χ2n) is 2.97. The van der Waals surface area contributed by atoms with E-state index < -0.39 is 43.3 Å². The highest BCUT2D eigenvalue weighted by Crippen LogP contribution is 2.29. The number of pyridine rings is 1. The maximum Gasteiger partial charge on any atom is 0.306 e. The molecule has 0 fully saturated rings. The molecule has 0 bridgehead atoms. The highest BCUT2D eigenvalue weighted by molar-refractivity contribution is 7.89. The van der Waals surface area contributed by atoms with Gasteiger partial charge >= 0.3 is 5.69 Å². The van der Waals surface area contributed by atoms with Crippen LogP contribution in [-0.2, 0) is 10.0 Å². The van der Waals surface area contributed by atoms with Crippen LogP contribution in [-0.4, -0.2) is 18.3 Å². The number of primary sulfonamides is 1. The lowest BCUT2D eigenvalue weighted by Crippen LogP contribution is -2.18. The Hall–Kier alpha value is -2.19. The Bertz CT molecular complexity index is 652. The summed E-state index contributed by atoms with van der Waals surface area (Å²) in [4.78, 5) is 12.4. The number of halogens is 2. The third-order valence-corrected chi connectivity index (χ3v) is 2.67. The van der Waals surface area contributed by atoms with Crippen LogP contribution in [0.4, 0.5) is 14.5 Å². The summed E-state index contributed by atoms with van der Waals surface area (Å²) in [6, 6.07) is 1.51. The lowest BCUT2D eigenvalue weighted by Gasteiger charge is -2.06. The molecule has 0 spiro atoms. The van der Waals surface area contributed by atoms with Crippen molar-refractivity contribution in [1.29, 1.82) is 5.26 Å². The molecule has 0 aliphatic rings. The number of nitrogens with two attached hydrogens (primary N) is 1. The zero-order valence-electron chi connectivity index (χ0n) is 8.37. The van der Waals surface area contributed by atoms with Crippen molar-refractivity contribution in [2.75, 3.05) is 0 Å². The molecule has 0 radical (unpaired) electrons. The van der Waals surface area contributed by atoms with E-state index in [-0.39, 0.29) is 6.07 Å². The van der Waals surface area contributed by atoms with E-state index in [9.17, 15) is 27.3 Å². The van der Waals surface area contributed by atoms with E-state index in [1.54, 1.807) is 0 Å². The van der Waals surface area contributed by atoms with E-state index in [4.69, 9.17) is 5.26 Å². The molecule has 0 amide bonds. The first-order valence-corrected chi connectivity index (χ1v) is 5.63. The Morgan fingerprint density at radius 3 is 2.44 bits per heavy atom. The molecule has 96 valence electrons. The summed E-state index contributed by atoms with van der Waals surface area (Å²) < 4.78 is 47.2. The van der Waals surface area contributed by atoms with Crippen molar-refractivity contribution in [2.45, 2.75) is 11.5 Å². The summed E-state index contributed by atoms with van der Waals surface area (Å²) in [5.41, 5.74) is -3.14. The number of sulfonamides is 1. The summed E-state index contributed by atoms with van der Waals surface area (Å²) >= 11 is 0. The molecule has 18 heavy (non-hydrogen) atoms. The van der Waals surface area contributed by atoms with Crippen molar-refractivity contribution in [2.24, 2.45) is 5.14 Å². The van der Waals surface area contributed by atoms with Gasteiger partial charge in [-0.3, -0.25) is 10.1 Å². The Morgan fingerprint density at radius 2 is 2.11 bits per heavy atom. The number of nitro groups is 1. The van der Waals surface area contributed by atoms with Crippen LogP contribution < -0.4 is 5.14 Å². The molecule has 0 unspecified atom stereocenters. The van der Waals surface area contributed by atoms with E-state index in [2.05, 4.69) is 10.1 Å². The molecule has 1 aromatic heterocycles. The molecule has 0 aliphatic heterocycles. The van der Waals surface area contributed by atoms with E-state index in [1.165, 1.54) is 6.07 Å². The van der Waals surface area contributed by atoms with Crippen molar-refractivity contribution in [3.05, 3.63) is 27.4 Å². The first-order chi connectivity index (χ1) is 8.18. The molecule has 2 N–H and O–H groups in total. The number of nitrogens with zero attached hydrogens (tertiary/aromatic N) is 3.